The molecule has 5 heteroatoms. The average Bonchev–Trinajstić information content (AvgIpc) is 2.92. The summed E-state index contributed by atoms with van der Waals surface area (Å²) >= 11 is 0. The van der Waals surface area contributed by atoms with Crippen LogP contribution < -0.4 is 5.32 Å². The maximum atomic E-state index is 12.4. The lowest BCUT2D eigenvalue weighted by Gasteiger charge is -2.36. The van der Waals surface area contributed by atoms with Crippen LogP contribution in [0.3, 0.4) is 0 Å². The smallest absolute Gasteiger partial charge is 0.307 e. The van der Waals surface area contributed by atoms with Gasteiger partial charge in [-0.2, -0.15) is 0 Å². The Morgan fingerprint density at radius 2 is 2.11 bits per heavy atom. The third-order valence-electron chi connectivity index (χ3n) is 3.90. The fourth-order valence-corrected chi connectivity index (χ4v) is 2.87. The molecule has 2 fully saturated rings. The minimum absolute atomic E-state index is 0.0288. The van der Waals surface area contributed by atoms with Crippen molar-refractivity contribution in [2.45, 2.75) is 50.6 Å². The zero-order valence-electron chi connectivity index (χ0n) is 11.0. The highest BCUT2D eigenvalue weighted by Crippen LogP contribution is 2.22. The van der Waals surface area contributed by atoms with E-state index in [9.17, 15) is 9.59 Å². The molecule has 2 aliphatic heterocycles. The van der Waals surface area contributed by atoms with Crippen LogP contribution in [0.25, 0.3) is 0 Å². The Balaban J connectivity index is 1.97. The van der Waals surface area contributed by atoms with Gasteiger partial charge in [0.2, 0.25) is 5.91 Å². The van der Waals surface area contributed by atoms with Gasteiger partial charge in [-0.05, 0) is 38.6 Å². The summed E-state index contributed by atoms with van der Waals surface area (Å²) in [5, 5.41) is 3.23. The third-order valence-corrected chi connectivity index (χ3v) is 3.90. The number of nitrogens with zero attached hydrogens (tertiary/aromatic N) is 1. The van der Waals surface area contributed by atoms with Gasteiger partial charge in [0, 0.05) is 12.6 Å². The van der Waals surface area contributed by atoms with Crippen molar-refractivity contribution in [3.05, 3.63) is 0 Å². The van der Waals surface area contributed by atoms with Crippen LogP contribution in [0.1, 0.15) is 38.5 Å². The average molecular weight is 254 g/mol. The van der Waals surface area contributed by atoms with Gasteiger partial charge in [0.1, 0.15) is 0 Å². The number of ether oxygens (including phenoxy) is 1. The van der Waals surface area contributed by atoms with Crippen molar-refractivity contribution in [2.75, 3.05) is 20.2 Å². The molecule has 0 saturated carbocycles. The molecule has 0 radical (unpaired) electrons. The molecule has 0 aliphatic carbocycles. The molecule has 2 atom stereocenters. The van der Waals surface area contributed by atoms with E-state index in [4.69, 9.17) is 4.74 Å². The van der Waals surface area contributed by atoms with Gasteiger partial charge in [-0.15, -0.1) is 0 Å². The normalized spacial score (nSPS) is 28.2. The molecule has 0 bridgehead atoms. The monoisotopic (exact) mass is 254 g/mol. The lowest BCUT2D eigenvalue weighted by atomic mass is 9.98. The van der Waals surface area contributed by atoms with Crippen molar-refractivity contribution in [3.8, 4) is 0 Å². The van der Waals surface area contributed by atoms with Crippen molar-refractivity contribution in [3.63, 3.8) is 0 Å². The fourth-order valence-electron chi connectivity index (χ4n) is 2.87. The van der Waals surface area contributed by atoms with Crippen molar-refractivity contribution in [1.82, 2.24) is 10.2 Å². The minimum atomic E-state index is -0.223. The lowest BCUT2D eigenvalue weighted by molar-refractivity contribution is -0.145. The van der Waals surface area contributed by atoms with Gasteiger partial charge in [0.15, 0.2) is 0 Å². The zero-order valence-corrected chi connectivity index (χ0v) is 11.0. The molecule has 0 aromatic heterocycles. The highest BCUT2D eigenvalue weighted by molar-refractivity contribution is 5.83. The first-order valence-electron chi connectivity index (χ1n) is 6.83. The van der Waals surface area contributed by atoms with Gasteiger partial charge in [0.05, 0.1) is 19.6 Å². The fraction of sp³-hybridized carbons (Fsp3) is 0.846. The molecule has 0 spiro atoms. The van der Waals surface area contributed by atoms with Crippen LogP contribution in [-0.4, -0.2) is 49.1 Å². The molecule has 2 aliphatic rings. The Kier molecular flexibility index (Phi) is 4.58. The second-order valence-corrected chi connectivity index (χ2v) is 5.11. The molecule has 0 aromatic carbocycles. The van der Waals surface area contributed by atoms with Gasteiger partial charge >= 0.3 is 5.97 Å². The number of likely N-dealkylation sites (tertiary alicyclic amines) is 1. The van der Waals surface area contributed by atoms with Crippen LogP contribution in [0.4, 0.5) is 0 Å². The first-order valence-corrected chi connectivity index (χ1v) is 6.83. The molecule has 2 rings (SSSR count). The van der Waals surface area contributed by atoms with Crippen LogP contribution in [0.5, 0.6) is 0 Å². The highest BCUT2D eigenvalue weighted by atomic mass is 16.5. The predicted octanol–water partition coefficient (Wildman–Crippen LogP) is 0.683. The molecule has 18 heavy (non-hydrogen) atoms. The van der Waals surface area contributed by atoms with E-state index >= 15 is 0 Å². The topological polar surface area (TPSA) is 58.6 Å². The molecule has 0 aromatic rings. The standard InChI is InChI=1S/C13H22N2O3/c1-18-12(16)9-10-5-2-3-8-15(10)13(17)11-6-4-7-14-11/h10-11,14H,2-9H2,1H3/t10?,11-/m1/s1. The lowest BCUT2D eigenvalue weighted by Crippen LogP contribution is -2.51. The third kappa shape index (κ3) is 3.02. The number of amides is 1. The second-order valence-electron chi connectivity index (χ2n) is 5.11. The van der Waals surface area contributed by atoms with Crippen molar-refractivity contribution < 1.29 is 14.3 Å². The van der Waals surface area contributed by atoms with E-state index in [0.717, 1.165) is 45.2 Å². The maximum Gasteiger partial charge on any atom is 0.307 e. The molecule has 1 unspecified atom stereocenters. The predicted molar refractivity (Wildman–Crippen MR) is 67.0 cm³/mol. The van der Waals surface area contributed by atoms with Crippen LogP contribution in [0, 0.1) is 0 Å². The summed E-state index contributed by atoms with van der Waals surface area (Å²) in [5.41, 5.74) is 0. The molecule has 2 heterocycles. The summed E-state index contributed by atoms with van der Waals surface area (Å²) < 4.78 is 4.71. The molecule has 1 amide bonds. The molecule has 5 nitrogen and oxygen atoms in total. The van der Waals surface area contributed by atoms with Crippen molar-refractivity contribution in [1.29, 1.82) is 0 Å². The number of hydrogen-bond donors (Lipinski definition) is 1. The summed E-state index contributed by atoms with van der Waals surface area (Å²) in [5.74, 6) is -0.0554. The Hall–Kier alpha value is -1.10. The Labute approximate surface area is 108 Å². The van der Waals surface area contributed by atoms with E-state index in [0.29, 0.717) is 6.42 Å². The van der Waals surface area contributed by atoms with Crippen LogP contribution in [0.15, 0.2) is 0 Å². The first-order chi connectivity index (χ1) is 8.72. The van der Waals surface area contributed by atoms with E-state index in [1.54, 1.807) is 0 Å². The van der Waals surface area contributed by atoms with Crippen LogP contribution in [-0.2, 0) is 14.3 Å². The Morgan fingerprint density at radius 1 is 1.28 bits per heavy atom. The Bertz CT molecular complexity index is 313. The molecule has 2 saturated heterocycles. The number of esters is 1. The summed E-state index contributed by atoms with van der Waals surface area (Å²) in [6.45, 7) is 1.70. The quantitative estimate of drug-likeness (QED) is 0.753. The van der Waals surface area contributed by atoms with Gasteiger partial charge < -0.3 is 15.0 Å². The molecular formula is C13H22N2O3. The molecule has 102 valence electrons. The van der Waals surface area contributed by atoms with E-state index < -0.39 is 0 Å². The number of rotatable bonds is 3. The minimum Gasteiger partial charge on any atom is -0.469 e. The largest absolute Gasteiger partial charge is 0.469 e. The van der Waals surface area contributed by atoms with Gasteiger partial charge in [-0.25, -0.2) is 0 Å². The molecular weight excluding hydrogens is 232 g/mol. The molecule has 1 N–H and O–H groups in total. The number of nitrogens with one attached hydrogen (secondary N) is 1. The summed E-state index contributed by atoms with van der Waals surface area (Å²) in [7, 11) is 1.40. The van der Waals surface area contributed by atoms with E-state index in [2.05, 4.69) is 5.32 Å². The number of hydrogen-bond acceptors (Lipinski definition) is 4. The Morgan fingerprint density at radius 3 is 2.78 bits per heavy atom. The summed E-state index contributed by atoms with van der Waals surface area (Å²) in [4.78, 5) is 25.7. The van der Waals surface area contributed by atoms with Gasteiger partial charge in [-0.3, -0.25) is 9.59 Å². The number of carbonyl (C=O) groups excluding carboxylic acids is 2. The van der Waals surface area contributed by atoms with Crippen LogP contribution in [0.2, 0.25) is 0 Å². The van der Waals surface area contributed by atoms with Gasteiger partial charge in [0.25, 0.3) is 0 Å². The SMILES string of the molecule is COC(=O)CC1CCCCN1C(=O)[C@H]1CCCN1. The van der Waals surface area contributed by atoms with Crippen LogP contribution >= 0.6 is 0 Å². The highest BCUT2D eigenvalue weighted by Gasteiger charge is 2.33. The van der Waals surface area contributed by atoms with E-state index in [1.807, 2.05) is 4.90 Å². The summed E-state index contributed by atoms with van der Waals surface area (Å²) in [6.07, 6.45) is 5.34. The first kappa shape index (κ1) is 13.3. The second kappa shape index (κ2) is 6.18. The van der Waals surface area contributed by atoms with Crippen molar-refractivity contribution >= 4 is 11.9 Å². The number of carbonyl (C=O) groups is 2. The maximum absolute atomic E-state index is 12.4. The van der Waals surface area contributed by atoms with E-state index in [-0.39, 0.29) is 24.0 Å². The summed E-state index contributed by atoms with van der Waals surface area (Å²) in [6, 6.07) is -0.00986. The van der Waals surface area contributed by atoms with E-state index in [1.165, 1.54) is 7.11 Å². The van der Waals surface area contributed by atoms with Crippen molar-refractivity contribution in [2.24, 2.45) is 0 Å². The zero-order chi connectivity index (χ0) is 13.0. The number of piperidine rings is 1. The van der Waals surface area contributed by atoms with Gasteiger partial charge in [-0.1, -0.05) is 0 Å². The number of methoxy groups -OCH3 is 1.